The van der Waals surface area contributed by atoms with Crippen LogP contribution in [0.25, 0.3) is 0 Å². The molecule has 3 aliphatic carbocycles. The number of amides is 1. The van der Waals surface area contributed by atoms with Crippen molar-refractivity contribution >= 4 is 17.3 Å². The van der Waals surface area contributed by atoms with Crippen LogP contribution in [-0.2, 0) is 6.54 Å². The number of nitrogens with one attached hydrogen (secondary N) is 2. The maximum absolute atomic E-state index is 12.8. The molecule has 6 nitrogen and oxygen atoms in total. The maximum atomic E-state index is 12.8. The van der Waals surface area contributed by atoms with Gasteiger partial charge in [0.2, 0.25) is 0 Å². The number of aromatic nitrogens is 1. The Bertz CT molecular complexity index is 1330. The number of benzene rings is 1. The first kappa shape index (κ1) is 25.1. The molecule has 6 rings (SSSR count). The van der Waals surface area contributed by atoms with Gasteiger partial charge in [-0.15, -0.1) is 0 Å². The minimum absolute atomic E-state index is 0.196. The predicted molar refractivity (Wildman–Crippen MR) is 152 cm³/mol. The first-order valence-corrected chi connectivity index (χ1v) is 14.0. The lowest BCUT2D eigenvalue weighted by Crippen LogP contribution is -2.87. The Balaban J connectivity index is 1.10. The highest BCUT2D eigenvalue weighted by molar-refractivity contribution is 6.14. The number of carbonyl (C=O) groups excluding carboxylic acids is 1. The number of piperidine rings is 2. The maximum Gasteiger partial charge on any atom is 0.251 e. The van der Waals surface area contributed by atoms with Crippen molar-refractivity contribution in [2.75, 3.05) is 5.73 Å². The molecule has 1 aliphatic heterocycles. The van der Waals surface area contributed by atoms with Gasteiger partial charge in [-0.2, -0.15) is 0 Å². The molecule has 1 saturated heterocycles. The smallest absolute Gasteiger partial charge is 0.251 e. The normalized spacial score (nSPS) is 27.9. The number of pyridine rings is 1. The van der Waals surface area contributed by atoms with E-state index >= 15 is 0 Å². The number of hydrogen-bond donors (Lipinski definition) is 3. The van der Waals surface area contributed by atoms with Crippen LogP contribution in [-0.4, -0.2) is 39.1 Å². The molecule has 2 heterocycles. The van der Waals surface area contributed by atoms with Gasteiger partial charge >= 0.3 is 0 Å². The fraction of sp³-hybridized carbons (Fsp3) is 0.469. The van der Waals surface area contributed by atoms with Crippen LogP contribution >= 0.6 is 0 Å². The summed E-state index contributed by atoms with van der Waals surface area (Å²) in [5.41, 5.74) is 12.5. The molecule has 4 atom stereocenters. The molecule has 0 bridgehead atoms. The van der Waals surface area contributed by atoms with Crippen molar-refractivity contribution in [1.82, 2.24) is 15.2 Å². The van der Waals surface area contributed by atoms with E-state index in [2.05, 4.69) is 48.1 Å². The molecule has 38 heavy (non-hydrogen) atoms. The van der Waals surface area contributed by atoms with Crippen LogP contribution in [0.1, 0.15) is 80.9 Å². The Kier molecular flexibility index (Phi) is 6.06. The number of nitrogens with zero attached hydrogens (tertiary/aromatic N) is 2. The average Bonchev–Trinajstić information content (AvgIpc) is 2.88. The minimum Gasteiger partial charge on any atom is -0.398 e. The van der Waals surface area contributed by atoms with Gasteiger partial charge in [0.15, 0.2) is 0 Å². The fourth-order valence-corrected chi connectivity index (χ4v) is 7.64. The summed E-state index contributed by atoms with van der Waals surface area (Å²) in [5, 5.41) is 11.8. The van der Waals surface area contributed by atoms with Crippen LogP contribution in [0.2, 0.25) is 0 Å². The van der Waals surface area contributed by atoms with E-state index in [4.69, 9.17) is 11.1 Å². The summed E-state index contributed by atoms with van der Waals surface area (Å²) in [6, 6.07) is 12.4. The molecule has 1 aromatic carbocycles. The molecule has 6 heteroatoms. The van der Waals surface area contributed by atoms with Crippen molar-refractivity contribution < 1.29 is 4.79 Å². The lowest BCUT2D eigenvalue weighted by Gasteiger charge is -2.82. The summed E-state index contributed by atoms with van der Waals surface area (Å²) in [6.45, 7) is 7.45. The van der Waals surface area contributed by atoms with E-state index in [1.165, 1.54) is 31.3 Å². The monoisotopic (exact) mass is 509 g/mol. The number of likely N-dealkylation sites (tertiary alicyclic amines) is 1. The van der Waals surface area contributed by atoms with Crippen LogP contribution in [0.4, 0.5) is 5.69 Å². The van der Waals surface area contributed by atoms with Gasteiger partial charge in [0.05, 0.1) is 18.0 Å². The topological polar surface area (TPSA) is 95.1 Å². The van der Waals surface area contributed by atoms with Gasteiger partial charge in [0.25, 0.3) is 5.91 Å². The lowest BCUT2D eigenvalue weighted by molar-refractivity contribution is -0.325. The lowest BCUT2D eigenvalue weighted by atomic mass is 9.36. The van der Waals surface area contributed by atoms with E-state index in [0.29, 0.717) is 34.5 Å². The SMILES string of the molecule is CC(C)(C)N1C2CCC23C(CC2=CC=C(C(=N)c4cc(C(=O)NCc5ccccn5)ccc4N)CC2)CC13. The van der Waals surface area contributed by atoms with Crippen molar-refractivity contribution in [2.24, 2.45) is 11.3 Å². The van der Waals surface area contributed by atoms with Crippen LogP contribution in [0.15, 0.2) is 65.9 Å². The number of nitrogens with two attached hydrogens (primary N) is 1. The number of rotatable bonds is 7. The molecular weight excluding hydrogens is 470 g/mol. The summed E-state index contributed by atoms with van der Waals surface area (Å²) in [6.07, 6.45) is 13.2. The highest BCUT2D eigenvalue weighted by atomic mass is 16.1. The molecule has 4 N–H and O–H groups in total. The molecule has 0 radical (unpaired) electrons. The van der Waals surface area contributed by atoms with Gasteiger partial charge in [0, 0.05) is 46.0 Å². The molecule has 4 aliphatic rings. The second-order valence-electron chi connectivity index (χ2n) is 12.6. The molecule has 1 aromatic heterocycles. The second kappa shape index (κ2) is 9.19. The zero-order valence-electron chi connectivity index (χ0n) is 22.8. The second-order valence-corrected chi connectivity index (χ2v) is 12.6. The van der Waals surface area contributed by atoms with Crippen LogP contribution in [0.5, 0.6) is 0 Å². The summed E-state index contributed by atoms with van der Waals surface area (Å²) in [7, 11) is 0. The van der Waals surface area contributed by atoms with Crippen LogP contribution in [0, 0.1) is 16.7 Å². The fourth-order valence-electron chi connectivity index (χ4n) is 7.64. The number of nitrogen functional groups attached to an aromatic ring is 1. The average molecular weight is 510 g/mol. The van der Waals surface area contributed by atoms with Gasteiger partial charge in [0.1, 0.15) is 0 Å². The molecule has 2 aromatic rings. The minimum atomic E-state index is -0.196. The Hall–Kier alpha value is -3.25. The first-order chi connectivity index (χ1) is 18.2. The third-order valence-electron chi connectivity index (χ3n) is 9.61. The van der Waals surface area contributed by atoms with Crippen molar-refractivity contribution in [1.29, 1.82) is 5.41 Å². The van der Waals surface area contributed by atoms with E-state index < -0.39 is 0 Å². The molecule has 1 amide bonds. The van der Waals surface area contributed by atoms with Gasteiger partial charge in [-0.05, 0) is 101 Å². The van der Waals surface area contributed by atoms with Gasteiger partial charge in [-0.3, -0.25) is 20.1 Å². The molecular formula is C32H39N5O. The van der Waals surface area contributed by atoms with E-state index in [1.807, 2.05) is 18.2 Å². The van der Waals surface area contributed by atoms with Crippen LogP contribution < -0.4 is 11.1 Å². The van der Waals surface area contributed by atoms with E-state index in [9.17, 15) is 4.79 Å². The summed E-state index contributed by atoms with van der Waals surface area (Å²) < 4.78 is 0. The van der Waals surface area contributed by atoms with Crippen molar-refractivity contribution in [3.63, 3.8) is 0 Å². The highest BCUT2D eigenvalue weighted by Crippen LogP contribution is 2.73. The molecule has 4 unspecified atom stereocenters. The third-order valence-corrected chi connectivity index (χ3v) is 9.61. The summed E-state index contributed by atoms with van der Waals surface area (Å²) in [5.74, 6) is 0.625. The predicted octanol–water partition coefficient (Wildman–Crippen LogP) is 5.65. The Morgan fingerprint density at radius 2 is 2.03 bits per heavy atom. The van der Waals surface area contributed by atoms with E-state index in [-0.39, 0.29) is 11.4 Å². The Morgan fingerprint density at radius 3 is 2.66 bits per heavy atom. The molecule has 3 fully saturated rings. The zero-order valence-corrected chi connectivity index (χ0v) is 22.8. The number of anilines is 1. The molecule has 2 saturated carbocycles. The van der Waals surface area contributed by atoms with E-state index in [1.54, 1.807) is 24.4 Å². The number of hydrogen-bond acceptors (Lipinski definition) is 5. The van der Waals surface area contributed by atoms with E-state index in [0.717, 1.165) is 42.1 Å². The van der Waals surface area contributed by atoms with Crippen molar-refractivity contribution in [2.45, 2.75) is 83.5 Å². The Morgan fingerprint density at radius 1 is 1.18 bits per heavy atom. The van der Waals surface area contributed by atoms with Gasteiger partial charge < -0.3 is 11.1 Å². The van der Waals surface area contributed by atoms with Crippen molar-refractivity contribution in [3.8, 4) is 0 Å². The first-order valence-electron chi connectivity index (χ1n) is 14.0. The van der Waals surface area contributed by atoms with Gasteiger partial charge in [-0.1, -0.05) is 23.8 Å². The zero-order chi connectivity index (χ0) is 26.7. The van der Waals surface area contributed by atoms with Crippen LogP contribution in [0.3, 0.4) is 0 Å². The third kappa shape index (κ3) is 4.01. The Labute approximate surface area is 225 Å². The van der Waals surface area contributed by atoms with Crippen molar-refractivity contribution in [3.05, 3.63) is 82.7 Å². The summed E-state index contributed by atoms with van der Waals surface area (Å²) in [4.78, 5) is 19.8. The number of carbonyl (C=O) groups is 1. The largest absolute Gasteiger partial charge is 0.398 e. The molecule has 1 spiro atoms. The summed E-state index contributed by atoms with van der Waals surface area (Å²) >= 11 is 0. The molecule has 198 valence electrons. The van der Waals surface area contributed by atoms with Gasteiger partial charge in [-0.25, -0.2) is 0 Å². The standard InChI is InChI=1S/C32H39N5O/c1-31(2,3)37-27-13-14-32(27)23(18-28(32)37)16-20-7-9-21(10-8-20)29(34)25-17-22(11-12-26(25)33)30(38)36-19-24-6-4-5-15-35-24/h4-7,9,11-12,15,17,23,27-28,34H,8,10,13-14,16,18-19,33H2,1-3H3,(H,36,38). The highest BCUT2D eigenvalue weighted by Gasteiger charge is 2.75. The number of allylic oxidation sites excluding steroid dienone is 4. The quantitative estimate of drug-likeness (QED) is 0.332.